The van der Waals surface area contributed by atoms with Gasteiger partial charge in [0.25, 0.3) is 11.8 Å². The summed E-state index contributed by atoms with van der Waals surface area (Å²) in [7, 11) is 1.56. The standard InChI is InChI=1S/C27H28N4O5/c1-35-22-12-6-19(7-13-22)26(33)30-24-5-3-2-4-23(24)27(34)29-21-10-8-20(9-11-21)28-25(32)18-31-14-16-36-17-15-31/h2-13H,14-18H2,1H3,(H,28,32)(H,29,34)(H,30,33). The van der Waals surface area contributed by atoms with Crippen molar-refractivity contribution in [2.45, 2.75) is 0 Å². The zero-order chi connectivity index (χ0) is 25.3. The summed E-state index contributed by atoms with van der Waals surface area (Å²) in [4.78, 5) is 40.0. The highest BCUT2D eigenvalue weighted by molar-refractivity contribution is 6.12. The average Bonchev–Trinajstić information content (AvgIpc) is 2.90. The highest BCUT2D eigenvalue weighted by atomic mass is 16.5. The zero-order valence-electron chi connectivity index (χ0n) is 20.0. The van der Waals surface area contributed by atoms with Gasteiger partial charge in [0, 0.05) is 30.0 Å². The summed E-state index contributed by atoms with van der Waals surface area (Å²) in [5, 5.41) is 8.49. The van der Waals surface area contributed by atoms with E-state index in [1.54, 1.807) is 79.9 Å². The third kappa shape index (κ3) is 6.68. The molecular weight excluding hydrogens is 460 g/mol. The summed E-state index contributed by atoms with van der Waals surface area (Å²) in [6.07, 6.45) is 0. The van der Waals surface area contributed by atoms with Crippen molar-refractivity contribution >= 4 is 34.8 Å². The van der Waals surface area contributed by atoms with E-state index in [1.807, 2.05) is 4.90 Å². The molecule has 0 aromatic heterocycles. The van der Waals surface area contributed by atoms with E-state index >= 15 is 0 Å². The second-order valence-corrected chi connectivity index (χ2v) is 8.20. The second kappa shape index (κ2) is 12.0. The molecule has 0 radical (unpaired) electrons. The van der Waals surface area contributed by atoms with Gasteiger partial charge in [0.2, 0.25) is 5.91 Å². The minimum atomic E-state index is -0.371. The number of para-hydroxylation sites is 1. The third-order valence-electron chi connectivity index (χ3n) is 5.67. The Bertz CT molecular complexity index is 1210. The molecule has 0 aliphatic carbocycles. The van der Waals surface area contributed by atoms with Crippen LogP contribution >= 0.6 is 0 Å². The molecule has 3 N–H and O–H groups in total. The summed E-state index contributed by atoms with van der Waals surface area (Å²) in [6.45, 7) is 3.05. The van der Waals surface area contributed by atoms with E-state index in [1.165, 1.54) is 0 Å². The predicted molar refractivity (Wildman–Crippen MR) is 138 cm³/mol. The normalized spacial score (nSPS) is 13.5. The SMILES string of the molecule is COc1ccc(C(=O)Nc2ccccc2C(=O)Nc2ccc(NC(=O)CN3CCOCC3)cc2)cc1. The number of carbonyl (C=O) groups excluding carboxylic acids is 3. The van der Waals surface area contributed by atoms with Crippen molar-refractivity contribution in [1.82, 2.24) is 4.90 Å². The van der Waals surface area contributed by atoms with Crippen LogP contribution in [-0.4, -0.2) is 62.6 Å². The first-order valence-corrected chi connectivity index (χ1v) is 11.6. The smallest absolute Gasteiger partial charge is 0.257 e. The van der Waals surface area contributed by atoms with E-state index in [0.29, 0.717) is 53.7 Å². The number of morpholine rings is 1. The van der Waals surface area contributed by atoms with Crippen LogP contribution in [0.5, 0.6) is 5.75 Å². The number of hydrogen-bond acceptors (Lipinski definition) is 6. The molecule has 9 nitrogen and oxygen atoms in total. The molecule has 1 fully saturated rings. The molecular formula is C27H28N4O5. The highest BCUT2D eigenvalue weighted by Crippen LogP contribution is 2.20. The van der Waals surface area contributed by atoms with Gasteiger partial charge in [-0.25, -0.2) is 0 Å². The Morgan fingerprint density at radius 2 is 1.44 bits per heavy atom. The number of nitrogens with zero attached hydrogens (tertiary/aromatic N) is 1. The number of benzene rings is 3. The number of methoxy groups -OCH3 is 1. The number of amides is 3. The molecule has 0 bridgehead atoms. The summed E-state index contributed by atoms with van der Waals surface area (Å²) in [5.41, 5.74) is 2.35. The number of anilines is 3. The van der Waals surface area contributed by atoms with Gasteiger partial charge in [0.15, 0.2) is 0 Å². The minimum Gasteiger partial charge on any atom is -0.497 e. The Hall–Kier alpha value is -4.21. The molecule has 4 rings (SSSR count). The molecule has 0 unspecified atom stereocenters. The molecule has 9 heteroatoms. The second-order valence-electron chi connectivity index (χ2n) is 8.20. The molecule has 1 aliphatic rings. The molecule has 3 amide bonds. The van der Waals surface area contributed by atoms with Crippen LogP contribution in [-0.2, 0) is 9.53 Å². The first-order valence-electron chi connectivity index (χ1n) is 11.6. The number of rotatable bonds is 8. The van der Waals surface area contributed by atoms with Crippen molar-refractivity contribution in [3.05, 3.63) is 83.9 Å². The van der Waals surface area contributed by atoms with Gasteiger partial charge in [-0.05, 0) is 60.7 Å². The third-order valence-corrected chi connectivity index (χ3v) is 5.67. The maximum absolute atomic E-state index is 13.0. The predicted octanol–water partition coefficient (Wildman–Crippen LogP) is 3.47. The van der Waals surface area contributed by atoms with Crippen LogP contribution in [0.3, 0.4) is 0 Å². The Morgan fingerprint density at radius 3 is 2.11 bits per heavy atom. The van der Waals surface area contributed by atoms with E-state index in [2.05, 4.69) is 16.0 Å². The first-order chi connectivity index (χ1) is 17.5. The van der Waals surface area contributed by atoms with E-state index in [9.17, 15) is 14.4 Å². The van der Waals surface area contributed by atoms with Crippen molar-refractivity contribution in [3.63, 3.8) is 0 Å². The maximum Gasteiger partial charge on any atom is 0.257 e. The lowest BCUT2D eigenvalue weighted by molar-refractivity contribution is -0.118. The molecule has 1 aliphatic heterocycles. The Balaban J connectivity index is 1.35. The topological polar surface area (TPSA) is 109 Å². The molecule has 1 heterocycles. The van der Waals surface area contributed by atoms with E-state index < -0.39 is 0 Å². The van der Waals surface area contributed by atoms with Crippen LogP contribution in [0.15, 0.2) is 72.8 Å². The molecule has 3 aromatic carbocycles. The van der Waals surface area contributed by atoms with Gasteiger partial charge in [-0.2, -0.15) is 0 Å². The van der Waals surface area contributed by atoms with Crippen molar-refractivity contribution in [2.24, 2.45) is 0 Å². The quantitative estimate of drug-likeness (QED) is 0.448. The zero-order valence-corrected chi connectivity index (χ0v) is 20.0. The van der Waals surface area contributed by atoms with Crippen LogP contribution in [0.2, 0.25) is 0 Å². The van der Waals surface area contributed by atoms with Gasteiger partial charge < -0.3 is 25.4 Å². The van der Waals surface area contributed by atoms with Gasteiger partial charge in [-0.1, -0.05) is 12.1 Å². The van der Waals surface area contributed by atoms with Gasteiger partial charge in [-0.3, -0.25) is 19.3 Å². The van der Waals surface area contributed by atoms with Gasteiger partial charge in [0.05, 0.1) is 38.1 Å². The fourth-order valence-electron chi connectivity index (χ4n) is 3.73. The Kier molecular flexibility index (Phi) is 8.28. The van der Waals surface area contributed by atoms with E-state index in [-0.39, 0.29) is 17.7 Å². The van der Waals surface area contributed by atoms with Crippen LogP contribution in [0.4, 0.5) is 17.1 Å². The summed E-state index contributed by atoms with van der Waals surface area (Å²) >= 11 is 0. The van der Waals surface area contributed by atoms with Crippen LogP contribution < -0.4 is 20.7 Å². The van der Waals surface area contributed by atoms with Gasteiger partial charge >= 0.3 is 0 Å². The first kappa shape index (κ1) is 24.9. The van der Waals surface area contributed by atoms with Crippen molar-refractivity contribution < 1.29 is 23.9 Å². The fourth-order valence-corrected chi connectivity index (χ4v) is 3.73. The summed E-state index contributed by atoms with van der Waals surface area (Å²) in [6, 6.07) is 20.3. The maximum atomic E-state index is 13.0. The number of nitrogens with one attached hydrogen (secondary N) is 3. The lowest BCUT2D eigenvalue weighted by Crippen LogP contribution is -2.41. The molecule has 36 heavy (non-hydrogen) atoms. The minimum absolute atomic E-state index is 0.102. The number of hydrogen-bond donors (Lipinski definition) is 3. The van der Waals surface area contributed by atoms with Crippen molar-refractivity contribution in [2.75, 3.05) is 55.9 Å². The van der Waals surface area contributed by atoms with Gasteiger partial charge in [-0.15, -0.1) is 0 Å². The van der Waals surface area contributed by atoms with E-state index in [4.69, 9.17) is 9.47 Å². The lowest BCUT2D eigenvalue weighted by Gasteiger charge is -2.25. The van der Waals surface area contributed by atoms with Crippen molar-refractivity contribution in [1.29, 1.82) is 0 Å². The number of ether oxygens (including phenoxy) is 2. The van der Waals surface area contributed by atoms with Gasteiger partial charge in [0.1, 0.15) is 5.75 Å². The summed E-state index contributed by atoms with van der Waals surface area (Å²) in [5.74, 6) is -0.163. The van der Waals surface area contributed by atoms with E-state index in [0.717, 1.165) is 13.1 Å². The Labute approximate surface area is 209 Å². The number of carbonyl (C=O) groups is 3. The monoisotopic (exact) mass is 488 g/mol. The molecule has 0 atom stereocenters. The highest BCUT2D eigenvalue weighted by Gasteiger charge is 2.16. The summed E-state index contributed by atoms with van der Waals surface area (Å²) < 4.78 is 10.4. The molecule has 3 aromatic rings. The average molecular weight is 489 g/mol. The Morgan fingerprint density at radius 1 is 0.806 bits per heavy atom. The molecule has 186 valence electrons. The van der Waals surface area contributed by atoms with Crippen LogP contribution in [0.1, 0.15) is 20.7 Å². The van der Waals surface area contributed by atoms with Crippen LogP contribution in [0, 0.1) is 0 Å². The fraction of sp³-hybridized carbons (Fsp3) is 0.222. The van der Waals surface area contributed by atoms with Crippen LogP contribution in [0.25, 0.3) is 0 Å². The molecule has 1 saturated heterocycles. The largest absolute Gasteiger partial charge is 0.497 e. The van der Waals surface area contributed by atoms with Crippen molar-refractivity contribution in [3.8, 4) is 5.75 Å². The lowest BCUT2D eigenvalue weighted by atomic mass is 10.1. The molecule has 0 saturated carbocycles. The molecule has 0 spiro atoms.